The van der Waals surface area contributed by atoms with Gasteiger partial charge in [-0.15, -0.1) is 0 Å². The highest BCUT2D eigenvalue weighted by Gasteiger charge is 1.72. The lowest BCUT2D eigenvalue weighted by atomic mass is 10.2. The first kappa shape index (κ1) is 23.6. The molecule has 0 N–H and O–H groups in total. The van der Waals surface area contributed by atoms with Crippen molar-refractivity contribution >= 4 is 0 Å². The van der Waals surface area contributed by atoms with Gasteiger partial charge < -0.3 is 0 Å². The summed E-state index contributed by atoms with van der Waals surface area (Å²) in [5.41, 5.74) is 1.19. The van der Waals surface area contributed by atoms with Crippen LogP contribution < -0.4 is 0 Å². The molecule has 0 aromatic heterocycles. The van der Waals surface area contributed by atoms with Crippen LogP contribution in [0.15, 0.2) is 49.1 Å². The van der Waals surface area contributed by atoms with Gasteiger partial charge in [-0.2, -0.15) is 0 Å². The van der Waals surface area contributed by atoms with Gasteiger partial charge in [0.15, 0.2) is 0 Å². The molecule has 0 aliphatic rings. The highest BCUT2D eigenvalue weighted by Crippen LogP contribution is 1.93. The molecule has 0 radical (unpaired) electrons. The maximum absolute atomic E-state index is 3.57. The van der Waals surface area contributed by atoms with E-state index in [0.29, 0.717) is 0 Å². The lowest BCUT2D eigenvalue weighted by molar-refractivity contribution is 1.50. The third kappa shape index (κ3) is 43.8. The van der Waals surface area contributed by atoms with Crippen LogP contribution in [0.1, 0.15) is 48.5 Å². The smallest absolute Gasteiger partial charge is 0.0398 e. The summed E-state index contributed by atoms with van der Waals surface area (Å²) in [6, 6.07) is 0. The molecule has 0 bridgehead atoms. The van der Waals surface area contributed by atoms with E-state index in [2.05, 4.69) is 13.2 Å². The predicted octanol–water partition coefficient (Wildman–Crippen LogP) is 5.94. The zero-order valence-electron chi connectivity index (χ0n) is 11.8. The van der Waals surface area contributed by atoms with E-state index < -0.39 is 0 Å². The van der Waals surface area contributed by atoms with Gasteiger partial charge in [-0.25, -0.2) is 0 Å². The minimum absolute atomic E-state index is 1.19. The van der Waals surface area contributed by atoms with Gasteiger partial charge in [-0.3, -0.25) is 0 Å². The largest absolute Gasteiger partial charge is 0.0991 e. The standard InChI is InChI=1S/C9H12.3C2H6/c1-4-6-8-9(3)7-5-2;3*1-2/h4-8H,1-2H2,3H3;3*1-2H3/b8-6-,9-7-;;;. The third-order valence-corrected chi connectivity index (χ3v) is 0.876. The summed E-state index contributed by atoms with van der Waals surface area (Å²) < 4.78 is 0. The first-order chi connectivity index (χ1) is 7.31. The number of allylic oxidation sites excluding steroid dienone is 6. The Morgan fingerprint density at radius 3 is 1.47 bits per heavy atom. The lowest BCUT2D eigenvalue weighted by Crippen LogP contribution is -1.62. The Bertz CT molecular complexity index is 147. The molecule has 0 aliphatic carbocycles. The van der Waals surface area contributed by atoms with Gasteiger partial charge in [-0.1, -0.05) is 90.7 Å². The van der Waals surface area contributed by atoms with Gasteiger partial charge in [0, 0.05) is 0 Å². The van der Waals surface area contributed by atoms with Crippen molar-refractivity contribution in [2.45, 2.75) is 48.5 Å². The van der Waals surface area contributed by atoms with Crippen molar-refractivity contribution in [3.05, 3.63) is 49.1 Å². The summed E-state index contributed by atoms with van der Waals surface area (Å²) in [6.45, 7) is 21.1. The van der Waals surface area contributed by atoms with Gasteiger partial charge in [0.05, 0.1) is 0 Å². The zero-order chi connectivity index (χ0) is 13.1. The molecule has 0 nitrogen and oxygen atoms in total. The summed E-state index contributed by atoms with van der Waals surface area (Å²) >= 11 is 0. The second-order valence-electron chi connectivity index (χ2n) is 1.74. The van der Waals surface area contributed by atoms with Gasteiger partial charge >= 0.3 is 0 Å². The van der Waals surface area contributed by atoms with Crippen LogP contribution in [0.5, 0.6) is 0 Å². The summed E-state index contributed by atoms with van der Waals surface area (Å²) in [4.78, 5) is 0. The topological polar surface area (TPSA) is 0 Å². The van der Waals surface area contributed by atoms with Gasteiger partial charge in [-0.05, 0) is 6.92 Å². The fourth-order valence-electron chi connectivity index (χ4n) is 0.461. The van der Waals surface area contributed by atoms with Crippen LogP contribution in [-0.4, -0.2) is 0 Å². The minimum Gasteiger partial charge on any atom is -0.0991 e. The molecule has 0 rings (SSSR count). The van der Waals surface area contributed by atoms with Crippen molar-refractivity contribution in [1.82, 2.24) is 0 Å². The average molecular weight is 210 g/mol. The average Bonchev–Trinajstić information content (AvgIpc) is 2.34. The highest BCUT2D eigenvalue weighted by atomic mass is 13.8. The molecule has 0 heteroatoms. The molecular weight excluding hydrogens is 180 g/mol. The maximum atomic E-state index is 3.57. The van der Waals surface area contributed by atoms with Crippen molar-refractivity contribution in [3.63, 3.8) is 0 Å². The molecular formula is C15H30. The Labute approximate surface area is 98.1 Å². The Morgan fingerprint density at radius 1 is 0.800 bits per heavy atom. The second-order valence-corrected chi connectivity index (χ2v) is 1.74. The highest BCUT2D eigenvalue weighted by molar-refractivity contribution is 5.22. The van der Waals surface area contributed by atoms with E-state index in [4.69, 9.17) is 0 Å². The fraction of sp³-hybridized carbons (Fsp3) is 0.467. The van der Waals surface area contributed by atoms with Crippen LogP contribution >= 0.6 is 0 Å². The molecule has 0 atom stereocenters. The van der Waals surface area contributed by atoms with E-state index in [1.165, 1.54) is 5.57 Å². The first-order valence-electron chi connectivity index (χ1n) is 5.89. The van der Waals surface area contributed by atoms with Crippen LogP contribution in [0.25, 0.3) is 0 Å². The molecule has 0 aromatic carbocycles. The Kier molecular flexibility index (Phi) is 60.3. The van der Waals surface area contributed by atoms with E-state index in [1.54, 1.807) is 12.2 Å². The first-order valence-corrected chi connectivity index (χ1v) is 5.89. The Morgan fingerprint density at radius 2 is 1.20 bits per heavy atom. The van der Waals surface area contributed by atoms with Crippen LogP contribution in [0, 0.1) is 0 Å². The molecule has 0 fully saturated rings. The molecule has 0 aromatic rings. The van der Waals surface area contributed by atoms with E-state index in [1.807, 2.05) is 66.7 Å². The van der Waals surface area contributed by atoms with Gasteiger partial charge in [0.1, 0.15) is 0 Å². The van der Waals surface area contributed by atoms with Crippen LogP contribution in [0.2, 0.25) is 0 Å². The van der Waals surface area contributed by atoms with Crippen molar-refractivity contribution in [1.29, 1.82) is 0 Å². The maximum Gasteiger partial charge on any atom is -0.0398 e. The Hall–Kier alpha value is -1.04. The van der Waals surface area contributed by atoms with Gasteiger partial charge in [0.25, 0.3) is 0 Å². The fourth-order valence-corrected chi connectivity index (χ4v) is 0.461. The van der Waals surface area contributed by atoms with Crippen LogP contribution in [0.3, 0.4) is 0 Å². The molecule has 15 heavy (non-hydrogen) atoms. The number of hydrogen-bond donors (Lipinski definition) is 0. The molecule has 0 amide bonds. The lowest BCUT2D eigenvalue weighted by Gasteiger charge is -1.83. The van der Waals surface area contributed by atoms with E-state index in [-0.39, 0.29) is 0 Å². The van der Waals surface area contributed by atoms with Gasteiger partial charge in [0.2, 0.25) is 0 Å². The number of hydrogen-bond acceptors (Lipinski definition) is 0. The SMILES string of the molecule is C=C/C=C\C(C)=C/C=C.CC.CC.CC. The van der Waals surface area contributed by atoms with Crippen molar-refractivity contribution in [2.75, 3.05) is 0 Å². The summed E-state index contributed by atoms with van der Waals surface area (Å²) in [6.07, 6.45) is 9.34. The second kappa shape index (κ2) is 38.3. The molecule has 0 saturated carbocycles. The predicted molar refractivity (Wildman–Crippen MR) is 77.3 cm³/mol. The summed E-state index contributed by atoms with van der Waals surface area (Å²) in [5, 5.41) is 0. The van der Waals surface area contributed by atoms with Crippen molar-refractivity contribution in [2.24, 2.45) is 0 Å². The van der Waals surface area contributed by atoms with Crippen molar-refractivity contribution in [3.8, 4) is 0 Å². The van der Waals surface area contributed by atoms with E-state index >= 15 is 0 Å². The normalized spacial score (nSPS) is 8.33. The molecule has 90 valence electrons. The molecule has 0 spiro atoms. The van der Waals surface area contributed by atoms with Crippen LogP contribution in [-0.2, 0) is 0 Å². The van der Waals surface area contributed by atoms with E-state index in [0.717, 1.165) is 0 Å². The summed E-state index contributed by atoms with van der Waals surface area (Å²) in [7, 11) is 0. The minimum atomic E-state index is 1.19. The molecule has 0 saturated heterocycles. The third-order valence-electron chi connectivity index (χ3n) is 0.876. The summed E-state index contributed by atoms with van der Waals surface area (Å²) in [5.74, 6) is 0. The monoisotopic (exact) mass is 210 g/mol. The molecule has 0 unspecified atom stereocenters. The number of rotatable bonds is 3. The van der Waals surface area contributed by atoms with E-state index in [9.17, 15) is 0 Å². The van der Waals surface area contributed by atoms with Crippen LogP contribution in [0.4, 0.5) is 0 Å². The Balaban J connectivity index is -0.0000000860. The quantitative estimate of drug-likeness (QED) is 0.506. The molecule has 0 heterocycles. The van der Waals surface area contributed by atoms with Crippen molar-refractivity contribution < 1.29 is 0 Å². The molecule has 0 aliphatic heterocycles. The zero-order valence-corrected chi connectivity index (χ0v) is 11.8.